The monoisotopic (exact) mass is 412 g/mol. The predicted molar refractivity (Wildman–Crippen MR) is 112 cm³/mol. The molecule has 0 saturated heterocycles. The number of hydrogen-bond acceptors (Lipinski definition) is 6. The van der Waals surface area contributed by atoms with Crippen LogP contribution in [0.3, 0.4) is 0 Å². The highest BCUT2D eigenvalue weighted by atomic mass is 19.1. The molecule has 9 heteroatoms. The molecule has 2 heterocycles. The molecule has 1 amide bonds. The topological polar surface area (TPSA) is 108 Å². The molecule has 3 N–H and O–H groups in total. The van der Waals surface area contributed by atoms with Crippen LogP contribution in [0.2, 0.25) is 0 Å². The first-order valence-corrected chi connectivity index (χ1v) is 9.79. The lowest BCUT2D eigenvalue weighted by Gasteiger charge is -2.11. The summed E-state index contributed by atoms with van der Waals surface area (Å²) in [6.45, 7) is 6.14. The zero-order chi connectivity index (χ0) is 21.7. The van der Waals surface area contributed by atoms with Gasteiger partial charge in [0.15, 0.2) is 11.6 Å². The molecule has 1 aromatic carbocycles. The summed E-state index contributed by atoms with van der Waals surface area (Å²) in [5, 5.41) is 7.24. The lowest BCUT2D eigenvalue weighted by Crippen LogP contribution is -2.26. The maximum Gasteiger partial charge on any atom is 0.242 e. The van der Waals surface area contributed by atoms with Crippen LogP contribution < -0.4 is 15.8 Å². The van der Waals surface area contributed by atoms with Crippen LogP contribution in [0, 0.1) is 12.7 Å². The zero-order valence-electron chi connectivity index (χ0n) is 17.2. The number of anilines is 2. The van der Waals surface area contributed by atoms with E-state index in [0.29, 0.717) is 35.9 Å². The fraction of sp³-hybridized carbons (Fsp3) is 0.333. The van der Waals surface area contributed by atoms with Gasteiger partial charge in [0.25, 0.3) is 0 Å². The van der Waals surface area contributed by atoms with Gasteiger partial charge in [-0.1, -0.05) is 13.8 Å². The van der Waals surface area contributed by atoms with Crippen molar-refractivity contribution < 1.29 is 13.9 Å². The number of aryl methyl sites for hydroxylation is 1. The van der Waals surface area contributed by atoms with Gasteiger partial charge in [-0.3, -0.25) is 9.48 Å². The molecule has 0 aliphatic rings. The number of nitrogens with zero attached hydrogens (tertiary/aromatic N) is 4. The molecule has 8 nitrogen and oxygen atoms in total. The third kappa shape index (κ3) is 4.73. The van der Waals surface area contributed by atoms with Crippen LogP contribution in [-0.4, -0.2) is 32.3 Å². The standard InChI is InChI=1S/C21H25FN6O2/c1-4-8-30-18-7-6-14(9-16(18)22)19-13(3)10-24-21(27-19)26-15-11-25-28(12-15)17(5-2)20(23)29/h6-7,9-12,17H,4-5,8H2,1-3H3,(H2,23,29)(H,24,26,27). The number of amides is 1. The number of primary amides is 1. The Labute approximate surface area is 174 Å². The Kier molecular flexibility index (Phi) is 6.61. The first-order chi connectivity index (χ1) is 14.4. The van der Waals surface area contributed by atoms with Gasteiger partial charge < -0.3 is 15.8 Å². The Bertz CT molecular complexity index is 1040. The van der Waals surface area contributed by atoms with Crippen molar-refractivity contribution in [1.82, 2.24) is 19.7 Å². The van der Waals surface area contributed by atoms with Crippen molar-refractivity contribution in [3.63, 3.8) is 0 Å². The van der Waals surface area contributed by atoms with E-state index in [4.69, 9.17) is 10.5 Å². The highest BCUT2D eigenvalue weighted by Gasteiger charge is 2.17. The number of hydrogen-bond donors (Lipinski definition) is 2. The van der Waals surface area contributed by atoms with Crippen molar-refractivity contribution in [2.45, 2.75) is 39.7 Å². The molecule has 3 aromatic rings. The van der Waals surface area contributed by atoms with Crippen molar-refractivity contribution in [3.8, 4) is 17.0 Å². The molecule has 0 aliphatic carbocycles. The van der Waals surface area contributed by atoms with Crippen LogP contribution in [0.4, 0.5) is 16.0 Å². The van der Waals surface area contributed by atoms with Crippen LogP contribution in [-0.2, 0) is 4.79 Å². The van der Waals surface area contributed by atoms with E-state index in [1.165, 1.54) is 10.7 Å². The SMILES string of the molecule is CCCOc1ccc(-c2nc(Nc3cnn(C(CC)C(N)=O)c3)ncc2C)cc1F. The molecule has 0 aliphatic heterocycles. The smallest absolute Gasteiger partial charge is 0.242 e. The fourth-order valence-corrected chi connectivity index (χ4v) is 2.99. The minimum Gasteiger partial charge on any atom is -0.491 e. The van der Waals surface area contributed by atoms with Crippen molar-refractivity contribution in [3.05, 3.63) is 48.2 Å². The third-order valence-corrected chi connectivity index (χ3v) is 4.53. The molecule has 1 unspecified atom stereocenters. The quantitative estimate of drug-likeness (QED) is 0.554. The molecule has 30 heavy (non-hydrogen) atoms. The summed E-state index contributed by atoms with van der Waals surface area (Å²) >= 11 is 0. The second-order valence-corrected chi connectivity index (χ2v) is 6.88. The molecule has 0 bridgehead atoms. The Morgan fingerprint density at radius 3 is 2.80 bits per heavy atom. The van der Waals surface area contributed by atoms with Gasteiger partial charge in [0.1, 0.15) is 6.04 Å². The Morgan fingerprint density at radius 1 is 1.33 bits per heavy atom. The number of rotatable bonds is 9. The van der Waals surface area contributed by atoms with Crippen LogP contribution in [0.5, 0.6) is 5.75 Å². The summed E-state index contributed by atoms with van der Waals surface area (Å²) in [7, 11) is 0. The second kappa shape index (κ2) is 9.34. The van der Waals surface area contributed by atoms with Crippen molar-refractivity contribution in [1.29, 1.82) is 0 Å². The number of nitrogens with one attached hydrogen (secondary N) is 1. The average molecular weight is 412 g/mol. The van der Waals surface area contributed by atoms with Gasteiger partial charge in [-0.2, -0.15) is 5.10 Å². The predicted octanol–water partition coefficient (Wildman–Crippen LogP) is 3.76. The van der Waals surface area contributed by atoms with E-state index >= 15 is 0 Å². The van der Waals surface area contributed by atoms with Crippen molar-refractivity contribution in [2.75, 3.05) is 11.9 Å². The molecule has 1 atom stereocenters. The molecule has 158 valence electrons. The summed E-state index contributed by atoms with van der Waals surface area (Å²) in [5.74, 6) is -0.340. The van der Waals surface area contributed by atoms with E-state index < -0.39 is 17.8 Å². The highest BCUT2D eigenvalue weighted by molar-refractivity contribution is 5.78. The van der Waals surface area contributed by atoms with E-state index in [0.717, 1.165) is 12.0 Å². The lowest BCUT2D eigenvalue weighted by atomic mass is 10.1. The van der Waals surface area contributed by atoms with E-state index in [-0.39, 0.29) is 5.75 Å². The van der Waals surface area contributed by atoms with Gasteiger partial charge in [0.05, 0.1) is 24.2 Å². The number of aromatic nitrogens is 4. The van der Waals surface area contributed by atoms with Crippen LogP contribution in [0.15, 0.2) is 36.8 Å². The van der Waals surface area contributed by atoms with Gasteiger partial charge in [0, 0.05) is 18.0 Å². The van der Waals surface area contributed by atoms with E-state index in [1.807, 2.05) is 20.8 Å². The zero-order valence-corrected chi connectivity index (χ0v) is 17.2. The van der Waals surface area contributed by atoms with E-state index in [1.54, 1.807) is 30.7 Å². The molecular formula is C21H25FN6O2. The fourth-order valence-electron chi connectivity index (χ4n) is 2.99. The first kappa shape index (κ1) is 21.2. The maximum absolute atomic E-state index is 14.4. The Balaban J connectivity index is 1.83. The average Bonchev–Trinajstić information content (AvgIpc) is 3.16. The third-order valence-electron chi connectivity index (χ3n) is 4.53. The number of carbonyl (C=O) groups excluding carboxylic acids is 1. The minimum absolute atomic E-state index is 0.220. The number of nitrogens with two attached hydrogens (primary N) is 1. The summed E-state index contributed by atoms with van der Waals surface area (Å²) in [5.41, 5.74) is 8.04. The molecule has 0 saturated carbocycles. The second-order valence-electron chi connectivity index (χ2n) is 6.88. The summed E-state index contributed by atoms with van der Waals surface area (Å²) < 4.78 is 21.3. The molecule has 0 fully saturated rings. The Hall–Kier alpha value is -3.49. The van der Waals surface area contributed by atoms with Crippen LogP contribution >= 0.6 is 0 Å². The number of carbonyl (C=O) groups is 1. The lowest BCUT2D eigenvalue weighted by molar-refractivity contribution is -0.121. The van der Waals surface area contributed by atoms with Crippen LogP contribution in [0.1, 0.15) is 38.3 Å². The van der Waals surface area contributed by atoms with E-state index in [2.05, 4.69) is 20.4 Å². The molecule has 2 aromatic heterocycles. The summed E-state index contributed by atoms with van der Waals surface area (Å²) in [4.78, 5) is 20.3. The van der Waals surface area contributed by atoms with Gasteiger partial charge in [-0.25, -0.2) is 14.4 Å². The Morgan fingerprint density at radius 2 is 2.13 bits per heavy atom. The number of benzene rings is 1. The van der Waals surface area contributed by atoms with Gasteiger partial charge >= 0.3 is 0 Å². The van der Waals surface area contributed by atoms with Gasteiger partial charge in [-0.15, -0.1) is 0 Å². The molecule has 0 radical (unpaired) electrons. The van der Waals surface area contributed by atoms with Crippen molar-refractivity contribution in [2.24, 2.45) is 5.73 Å². The largest absolute Gasteiger partial charge is 0.491 e. The van der Waals surface area contributed by atoms with E-state index in [9.17, 15) is 9.18 Å². The molecule has 3 rings (SSSR count). The maximum atomic E-state index is 14.4. The molecule has 0 spiro atoms. The molecular weight excluding hydrogens is 387 g/mol. The van der Waals surface area contributed by atoms with Gasteiger partial charge in [-0.05, 0) is 43.5 Å². The summed E-state index contributed by atoms with van der Waals surface area (Å²) in [6.07, 6.45) is 6.23. The first-order valence-electron chi connectivity index (χ1n) is 9.79. The normalized spacial score (nSPS) is 11.9. The van der Waals surface area contributed by atoms with Crippen molar-refractivity contribution >= 4 is 17.5 Å². The van der Waals surface area contributed by atoms with Gasteiger partial charge in [0.2, 0.25) is 11.9 Å². The highest BCUT2D eigenvalue weighted by Crippen LogP contribution is 2.28. The number of ether oxygens (including phenoxy) is 1. The van der Waals surface area contributed by atoms with Crippen LogP contribution in [0.25, 0.3) is 11.3 Å². The minimum atomic E-state index is -0.522. The summed E-state index contributed by atoms with van der Waals surface area (Å²) in [6, 6.07) is 4.25. The number of halogens is 1.